The predicted octanol–water partition coefficient (Wildman–Crippen LogP) is -0.898. The molecule has 0 saturated heterocycles. The fourth-order valence-electron chi connectivity index (χ4n) is 0.323. The molecule has 0 bridgehead atoms. The number of aliphatic hydroxyl groups excluding tert-OH is 1. The molecule has 0 rings (SSSR count). The zero-order valence-corrected chi connectivity index (χ0v) is 7.26. The second kappa shape index (κ2) is 5.85. The summed E-state index contributed by atoms with van der Waals surface area (Å²) in [5, 5.41) is 8.31. The van der Waals surface area contributed by atoms with Crippen molar-refractivity contribution in [3.05, 3.63) is 0 Å². The zero-order valence-electron chi connectivity index (χ0n) is 5.26. The van der Waals surface area contributed by atoms with E-state index in [-0.39, 0.29) is 0 Å². The van der Waals surface area contributed by atoms with Gasteiger partial charge in [0.2, 0.25) is 0 Å². The standard InChI is InChI=1S/C2H8O7P2/c3-1-2(8-10(4)5)9-11(6)7/h2-3,10-11H,1H2,(H,4,5)(H,6,7). The summed E-state index contributed by atoms with van der Waals surface area (Å²) < 4.78 is 27.9. The van der Waals surface area contributed by atoms with Gasteiger partial charge in [0.1, 0.15) is 0 Å². The van der Waals surface area contributed by atoms with Crippen LogP contribution in [0.1, 0.15) is 0 Å². The SMILES string of the molecule is O=[PH](O)OC(CO)O[PH](=O)O. The summed E-state index contributed by atoms with van der Waals surface area (Å²) in [6.07, 6.45) is -1.51. The van der Waals surface area contributed by atoms with Crippen LogP contribution in [0.2, 0.25) is 0 Å². The molecule has 0 spiro atoms. The Morgan fingerprint density at radius 1 is 1.18 bits per heavy atom. The van der Waals surface area contributed by atoms with E-state index in [2.05, 4.69) is 9.05 Å². The fourth-order valence-corrected chi connectivity index (χ4v) is 1.11. The van der Waals surface area contributed by atoms with Crippen molar-refractivity contribution < 1.29 is 33.1 Å². The topological polar surface area (TPSA) is 113 Å². The molecule has 0 amide bonds. The van der Waals surface area contributed by atoms with Crippen LogP contribution < -0.4 is 0 Å². The van der Waals surface area contributed by atoms with Crippen LogP contribution in [0, 0.1) is 0 Å². The van der Waals surface area contributed by atoms with Crippen molar-refractivity contribution >= 4 is 16.5 Å². The van der Waals surface area contributed by atoms with Gasteiger partial charge in [-0.2, -0.15) is 0 Å². The minimum Gasteiger partial charge on any atom is -0.391 e. The van der Waals surface area contributed by atoms with Crippen LogP contribution in [0.4, 0.5) is 0 Å². The van der Waals surface area contributed by atoms with Crippen LogP contribution in [0.5, 0.6) is 0 Å². The predicted molar refractivity (Wildman–Crippen MR) is 35.5 cm³/mol. The molecule has 0 aliphatic carbocycles. The highest BCUT2D eigenvalue weighted by atomic mass is 31.1. The van der Waals surface area contributed by atoms with Gasteiger partial charge in [0.15, 0.2) is 6.29 Å². The van der Waals surface area contributed by atoms with Crippen molar-refractivity contribution in [1.82, 2.24) is 0 Å². The molecular weight excluding hydrogens is 198 g/mol. The summed E-state index contributed by atoms with van der Waals surface area (Å²) in [7, 11) is -6.52. The van der Waals surface area contributed by atoms with E-state index >= 15 is 0 Å². The maximum atomic E-state index is 9.95. The van der Waals surface area contributed by atoms with Crippen LogP contribution >= 0.6 is 16.5 Å². The first-order valence-corrected chi connectivity index (χ1v) is 4.99. The molecule has 2 unspecified atom stereocenters. The second-order valence-corrected chi connectivity index (χ2v) is 2.91. The summed E-state index contributed by atoms with van der Waals surface area (Å²) in [6, 6.07) is 0. The van der Waals surface area contributed by atoms with Gasteiger partial charge < -0.3 is 14.9 Å². The van der Waals surface area contributed by atoms with Gasteiger partial charge in [0.25, 0.3) is 0 Å². The van der Waals surface area contributed by atoms with Gasteiger partial charge in [-0.1, -0.05) is 0 Å². The maximum absolute atomic E-state index is 9.95. The lowest BCUT2D eigenvalue weighted by Crippen LogP contribution is -2.14. The van der Waals surface area contributed by atoms with Crippen LogP contribution in [0.25, 0.3) is 0 Å². The molecule has 0 aliphatic heterocycles. The molecule has 0 heterocycles. The van der Waals surface area contributed by atoms with E-state index in [1.807, 2.05) is 0 Å². The van der Waals surface area contributed by atoms with E-state index in [1.165, 1.54) is 0 Å². The molecule has 0 fully saturated rings. The summed E-state index contributed by atoms with van der Waals surface area (Å²) >= 11 is 0. The Morgan fingerprint density at radius 3 is 1.73 bits per heavy atom. The average Bonchev–Trinajstić information content (AvgIpc) is 1.84. The summed E-state index contributed by atoms with van der Waals surface area (Å²) in [5.41, 5.74) is 0. The summed E-state index contributed by atoms with van der Waals surface area (Å²) in [6.45, 7) is -0.756. The van der Waals surface area contributed by atoms with Crippen molar-refractivity contribution in [3.63, 3.8) is 0 Å². The average molecular weight is 206 g/mol. The summed E-state index contributed by atoms with van der Waals surface area (Å²) in [4.78, 5) is 16.3. The van der Waals surface area contributed by atoms with Gasteiger partial charge in [0.05, 0.1) is 6.61 Å². The number of hydrogen-bond donors (Lipinski definition) is 3. The number of hydrogen-bond acceptors (Lipinski definition) is 5. The van der Waals surface area contributed by atoms with Crippen molar-refractivity contribution in [2.75, 3.05) is 6.61 Å². The van der Waals surface area contributed by atoms with Gasteiger partial charge in [0, 0.05) is 0 Å². The van der Waals surface area contributed by atoms with E-state index in [1.54, 1.807) is 0 Å². The van der Waals surface area contributed by atoms with E-state index in [9.17, 15) is 9.13 Å². The molecule has 11 heavy (non-hydrogen) atoms. The minimum absolute atomic E-state index is 0.756. The lowest BCUT2D eigenvalue weighted by molar-refractivity contribution is -0.0370. The highest BCUT2D eigenvalue weighted by Crippen LogP contribution is 2.25. The molecule has 7 nitrogen and oxygen atoms in total. The van der Waals surface area contributed by atoms with Crippen LogP contribution in [-0.2, 0) is 18.2 Å². The molecule has 68 valence electrons. The Labute approximate surface area is 63.5 Å². The Balaban J connectivity index is 3.76. The fraction of sp³-hybridized carbons (Fsp3) is 1.00. The van der Waals surface area contributed by atoms with Crippen molar-refractivity contribution in [1.29, 1.82) is 0 Å². The first-order chi connectivity index (χ1) is 5.06. The van der Waals surface area contributed by atoms with Gasteiger partial charge in [-0.05, 0) is 0 Å². The minimum atomic E-state index is -3.26. The smallest absolute Gasteiger partial charge is 0.318 e. The molecule has 9 heteroatoms. The van der Waals surface area contributed by atoms with Crippen LogP contribution in [0.3, 0.4) is 0 Å². The van der Waals surface area contributed by atoms with Crippen molar-refractivity contribution in [2.24, 2.45) is 0 Å². The van der Waals surface area contributed by atoms with Crippen LogP contribution in [0.15, 0.2) is 0 Å². The Kier molecular flexibility index (Phi) is 5.99. The van der Waals surface area contributed by atoms with Crippen molar-refractivity contribution in [3.8, 4) is 0 Å². The Morgan fingerprint density at radius 2 is 1.55 bits per heavy atom. The van der Waals surface area contributed by atoms with Crippen molar-refractivity contribution in [2.45, 2.75) is 6.29 Å². The molecule has 0 aromatic rings. The van der Waals surface area contributed by atoms with E-state index in [0.29, 0.717) is 0 Å². The van der Waals surface area contributed by atoms with Gasteiger partial charge in [-0.3, -0.25) is 18.2 Å². The van der Waals surface area contributed by atoms with Gasteiger partial charge in [-0.15, -0.1) is 0 Å². The summed E-state index contributed by atoms with van der Waals surface area (Å²) in [5.74, 6) is 0. The largest absolute Gasteiger partial charge is 0.391 e. The molecule has 0 saturated carbocycles. The van der Waals surface area contributed by atoms with Crippen LogP contribution in [-0.4, -0.2) is 27.8 Å². The third kappa shape index (κ3) is 6.65. The first kappa shape index (κ1) is 11.3. The third-order valence-electron chi connectivity index (χ3n) is 0.614. The first-order valence-electron chi connectivity index (χ1n) is 2.46. The maximum Gasteiger partial charge on any atom is 0.318 e. The Hall–Kier alpha value is 0.260. The zero-order chi connectivity index (χ0) is 8.85. The monoisotopic (exact) mass is 206 g/mol. The van der Waals surface area contributed by atoms with E-state index in [0.717, 1.165) is 0 Å². The second-order valence-electron chi connectivity index (χ2n) is 1.38. The van der Waals surface area contributed by atoms with Gasteiger partial charge in [-0.25, -0.2) is 0 Å². The normalized spacial score (nSPS) is 19.2. The lowest BCUT2D eigenvalue weighted by Gasteiger charge is -2.10. The lowest BCUT2D eigenvalue weighted by atomic mass is 10.7. The Bertz CT molecular complexity index is 141. The van der Waals surface area contributed by atoms with E-state index < -0.39 is 29.4 Å². The number of aliphatic hydroxyl groups is 1. The molecule has 2 atom stereocenters. The quantitative estimate of drug-likeness (QED) is 0.394. The van der Waals surface area contributed by atoms with Gasteiger partial charge >= 0.3 is 16.5 Å². The highest BCUT2D eigenvalue weighted by Gasteiger charge is 2.12. The third-order valence-corrected chi connectivity index (χ3v) is 1.54. The molecule has 3 N–H and O–H groups in total. The molecule has 0 radical (unpaired) electrons. The van der Waals surface area contributed by atoms with E-state index in [4.69, 9.17) is 14.9 Å². The molecule has 0 aromatic carbocycles. The number of rotatable bonds is 5. The molecule has 0 aliphatic rings. The molecular formula is C2H8O7P2. The highest BCUT2D eigenvalue weighted by molar-refractivity contribution is 7.32. The molecule has 0 aromatic heterocycles.